The van der Waals surface area contributed by atoms with E-state index >= 15 is 0 Å². The van der Waals surface area contributed by atoms with E-state index in [-0.39, 0.29) is 34.2 Å². The average Bonchev–Trinajstić information content (AvgIpc) is 3.40. The Balaban J connectivity index is 0.000000140. The van der Waals surface area contributed by atoms with Crippen LogP contribution in [0.1, 0.15) is 125 Å². The number of carbonyl (C=O) groups is 1. The van der Waals surface area contributed by atoms with Gasteiger partial charge in [-0.25, -0.2) is 0 Å². The second-order valence-electron chi connectivity index (χ2n) is 17.7. The van der Waals surface area contributed by atoms with Crippen molar-refractivity contribution in [2.75, 3.05) is 0 Å². The minimum absolute atomic E-state index is 0.0742. The predicted octanol–water partition coefficient (Wildman–Crippen LogP) is 7.72. The maximum absolute atomic E-state index is 11.7. The van der Waals surface area contributed by atoms with Crippen LogP contribution in [0.25, 0.3) is 0 Å². The van der Waals surface area contributed by atoms with Crippen molar-refractivity contribution in [2.45, 2.75) is 142 Å². The lowest BCUT2D eigenvalue weighted by Crippen LogP contribution is -2.53. The largest absolute Gasteiger partial charge is 0.393 e. The number of rotatable bonds is 0. The van der Waals surface area contributed by atoms with Crippen molar-refractivity contribution < 1.29 is 20.1 Å². The van der Waals surface area contributed by atoms with Crippen molar-refractivity contribution in [3.63, 3.8) is 0 Å². The standard InChI is InChI=1S/C20H28O2.C19H30O2/c1-18-9-6-14(21)12-13(18)4-5-15-16(18)7-10-19(2)17(15)8-11-20(19,3)22;1-18-9-7-13(20)11-12(18)3-4-14-15-5-6-17(21)19(15,2)10-8-16(14)18/h6,9,12,15-17,22H,4-5,7-8,10-11H2,1-3H3;3,13-17,20-21H,4-11H2,1-2H3/t15-,16+,17+,18+,19+,20+;13-,14-,15-,16-,17-,18-,19-/m10/s1. The van der Waals surface area contributed by atoms with Gasteiger partial charge in [-0.2, -0.15) is 0 Å². The Morgan fingerprint density at radius 3 is 2.28 bits per heavy atom. The number of hydrogen-bond acceptors (Lipinski definition) is 4. The van der Waals surface area contributed by atoms with Crippen molar-refractivity contribution in [3.8, 4) is 0 Å². The summed E-state index contributed by atoms with van der Waals surface area (Å²) in [5.74, 6) is 4.42. The average molecular weight is 591 g/mol. The number of allylic oxidation sites excluding steroid dienone is 5. The fourth-order valence-corrected chi connectivity index (χ4v) is 13.1. The van der Waals surface area contributed by atoms with Crippen LogP contribution < -0.4 is 0 Å². The number of aliphatic hydroxyl groups excluding tert-OH is 2. The van der Waals surface area contributed by atoms with E-state index in [1.165, 1.54) is 50.5 Å². The van der Waals surface area contributed by atoms with Crippen molar-refractivity contribution in [1.29, 1.82) is 0 Å². The Morgan fingerprint density at radius 1 is 0.744 bits per heavy atom. The monoisotopic (exact) mass is 590 g/mol. The minimum atomic E-state index is -0.502. The highest BCUT2D eigenvalue weighted by Crippen LogP contribution is 2.67. The first kappa shape index (κ1) is 30.4. The summed E-state index contributed by atoms with van der Waals surface area (Å²) >= 11 is 0. The first-order valence-electron chi connectivity index (χ1n) is 18.0. The highest BCUT2D eigenvalue weighted by atomic mass is 16.3. The van der Waals surface area contributed by atoms with E-state index in [1.807, 2.05) is 6.08 Å². The number of aliphatic hydroxyl groups is 3. The molecule has 238 valence electrons. The molecule has 0 amide bonds. The molecule has 8 rings (SSSR count). The Hall–Kier alpha value is -1.23. The summed E-state index contributed by atoms with van der Waals surface area (Å²) in [6.45, 7) is 11.5. The van der Waals surface area contributed by atoms with E-state index < -0.39 is 5.60 Å². The molecule has 8 aliphatic carbocycles. The SMILES string of the molecule is C[C@]12C=CC(=O)C=C1CC[C@@H]1[C@@H]2CC[C@@]2(C)[C@H]1CC[C@]2(C)O.C[C@]12CC[C@H]3[C@@H](CC=C4C[C@@H](O)CC[C@@]43C)[C@@H]1CC[C@@H]2O. The number of fused-ring (bicyclic) bond motifs is 10. The summed E-state index contributed by atoms with van der Waals surface area (Å²) in [6, 6.07) is 0. The van der Waals surface area contributed by atoms with E-state index in [1.54, 1.807) is 11.6 Å². The van der Waals surface area contributed by atoms with Gasteiger partial charge in [-0.3, -0.25) is 4.79 Å². The fraction of sp³-hybridized carbons (Fsp3) is 0.821. The van der Waals surface area contributed by atoms with Crippen LogP contribution in [0.15, 0.2) is 35.5 Å². The number of ketones is 1. The van der Waals surface area contributed by atoms with E-state index in [9.17, 15) is 20.1 Å². The van der Waals surface area contributed by atoms with E-state index in [2.05, 4.69) is 46.8 Å². The van der Waals surface area contributed by atoms with Gasteiger partial charge in [0.1, 0.15) is 0 Å². The number of hydrogen-bond donors (Lipinski definition) is 3. The van der Waals surface area contributed by atoms with Gasteiger partial charge >= 0.3 is 0 Å². The Kier molecular flexibility index (Phi) is 7.17. The van der Waals surface area contributed by atoms with Crippen molar-refractivity contribution in [2.24, 2.45) is 57.2 Å². The van der Waals surface area contributed by atoms with Gasteiger partial charge in [-0.1, -0.05) is 51.0 Å². The smallest absolute Gasteiger partial charge is 0.178 e. The van der Waals surface area contributed by atoms with Crippen LogP contribution in [-0.2, 0) is 4.79 Å². The van der Waals surface area contributed by atoms with Crippen molar-refractivity contribution >= 4 is 5.78 Å². The summed E-state index contributed by atoms with van der Waals surface area (Å²) in [7, 11) is 0. The Bertz CT molecular complexity index is 1240. The third-order valence-electron chi connectivity index (χ3n) is 16.1. The molecule has 4 heteroatoms. The predicted molar refractivity (Wildman–Crippen MR) is 171 cm³/mol. The molecular formula is C39H58O4. The highest BCUT2D eigenvalue weighted by Gasteiger charge is 2.62. The van der Waals surface area contributed by atoms with Gasteiger partial charge in [0.15, 0.2) is 5.78 Å². The van der Waals surface area contributed by atoms with Crippen molar-refractivity contribution in [3.05, 3.63) is 35.5 Å². The first-order valence-corrected chi connectivity index (χ1v) is 18.0. The lowest BCUT2D eigenvalue weighted by atomic mass is 9.47. The lowest BCUT2D eigenvalue weighted by Gasteiger charge is -2.57. The quantitative estimate of drug-likeness (QED) is 0.253. The van der Waals surface area contributed by atoms with Crippen LogP contribution in [0.2, 0.25) is 0 Å². The second-order valence-corrected chi connectivity index (χ2v) is 17.7. The normalized spacial score (nSPS) is 54.8. The van der Waals surface area contributed by atoms with Crippen LogP contribution >= 0.6 is 0 Å². The first-order chi connectivity index (χ1) is 20.2. The summed E-state index contributed by atoms with van der Waals surface area (Å²) in [4.78, 5) is 11.7. The molecule has 6 saturated carbocycles. The molecule has 0 aromatic rings. The molecular weight excluding hydrogens is 532 g/mol. The van der Waals surface area contributed by atoms with Gasteiger partial charge < -0.3 is 15.3 Å². The molecule has 0 aromatic carbocycles. The molecule has 0 heterocycles. The maximum Gasteiger partial charge on any atom is 0.178 e. The second kappa shape index (κ2) is 10.1. The third kappa shape index (κ3) is 4.34. The molecule has 0 aliphatic heterocycles. The maximum atomic E-state index is 11.7. The van der Waals surface area contributed by atoms with Gasteiger partial charge in [0, 0.05) is 5.41 Å². The molecule has 13 atom stereocenters. The fourth-order valence-electron chi connectivity index (χ4n) is 13.1. The molecule has 4 nitrogen and oxygen atoms in total. The molecule has 0 spiro atoms. The van der Waals surface area contributed by atoms with Crippen molar-refractivity contribution in [1.82, 2.24) is 0 Å². The minimum Gasteiger partial charge on any atom is -0.393 e. The number of carbonyl (C=O) groups excluding carboxylic acids is 1. The summed E-state index contributed by atoms with van der Waals surface area (Å²) < 4.78 is 0. The van der Waals surface area contributed by atoms with Gasteiger partial charge in [-0.05, 0) is 161 Å². The zero-order valence-corrected chi connectivity index (χ0v) is 27.6. The molecule has 0 bridgehead atoms. The molecule has 0 unspecified atom stereocenters. The zero-order valence-electron chi connectivity index (χ0n) is 27.6. The third-order valence-corrected chi connectivity index (χ3v) is 16.1. The zero-order chi connectivity index (χ0) is 30.6. The van der Waals surface area contributed by atoms with E-state index in [4.69, 9.17) is 0 Å². The molecule has 0 saturated heterocycles. The Morgan fingerprint density at radius 2 is 1.49 bits per heavy atom. The van der Waals surface area contributed by atoms with Crippen LogP contribution in [0.5, 0.6) is 0 Å². The molecule has 43 heavy (non-hydrogen) atoms. The Labute approximate surface area is 260 Å². The van der Waals surface area contributed by atoms with Crippen LogP contribution in [0, 0.1) is 57.2 Å². The summed E-state index contributed by atoms with van der Waals surface area (Å²) in [6.07, 6.45) is 23.8. The van der Waals surface area contributed by atoms with Crippen LogP contribution in [0.3, 0.4) is 0 Å². The molecule has 6 fully saturated rings. The van der Waals surface area contributed by atoms with E-state index in [0.29, 0.717) is 29.1 Å². The molecule has 0 radical (unpaired) electrons. The van der Waals surface area contributed by atoms with Gasteiger partial charge in [-0.15, -0.1) is 0 Å². The molecule has 3 N–H and O–H groups in total. The molecule has 0 aromatic heterocycles. The van der Waals surface area contributed by atoms with Gasteiger partial charge in [0.05, 0.1) is 17.8 Å². The summed E-state index contributed by atoms with van der Waals surface area (Å²) in [5, 5.41) is 31.4. The van der Waals surface area contributed by atoms with Gasteiger partial charge in [0.25, 0.3) is 0 Å². The van der Waals surface area contributed by atoms with Gasteiger partial charge in [0.2, 0.25) is 0 Å². The lowest BCUT2D eigenvalue weighted by molar-refractivity contribution is -0.114. The molecule has 8 aliphatic rings. The van der Waals surface area contributed by atoms with Crippen LogP contribution in [0.4, 0.5) is 0 Å². The highest BCUT2D eigenvalue weighted by molar-refractivity contribution is 6.01. The van der Waals surface area contributed by atoms with Crippen LogP contribution in [-0.4, -0.2) is 38.9 Å². The van der Waals surface area contributed by atoms with E-state index in [0.717, 1.165) is 56.8 Å². The summed E-state index contributed by atoms with van der Waals surface area (Å²) in [5.41, 5.74) is 3.07. The topological polar surface area (TPSA) is 77.8 Å².